The van der Waals surface area contributed by atoms with Crippen molar-refractivity contribution in [3.05, 3.63) is 70.3 Å². The molecule has 0 spiro atoms. The second-order valence-electron chi connectivity index (χ2n) is 6.20. The molecule has 110 valence electrons. The first kappa shape index (κ1) is 14.3. The highest BCUT2D eigenvalue weighted by Crippen LogP contribution is 2.23. The van der Waals surface area contributed by atoms with E-state index < -0.39 is 0 Å². The maximum Gasteiger partial charge on any atom is 0.0266 e. The molecule has 0 bridgehead atoms. The fraction of sp³-hybridized carbons (Fsp3) is 0.368. The summed E-state index contributed by atoms with van der Waals surface area (Å²) in [5, 5.41) is 0. The molecule has 0 unspecified atom stereocenters. The second-order valence-corrected chi connectivity index (χ2v) is 6.20. The number of benzene rings is 2. The van der Waals surface area contributed by atoms with Crippen LogP contribution in [0.1, 0.15) is 40.8 Å². The summed E-state index contributed by atoms with van der Waals surface area (Å²) in [6, 6.07) is 15.5. The zero-order valence-corrected chi connectivity index (χ0v) is 13.0. The Kier molecular flexibility index (Phi) is 4.09. The zero-order valence-electron chi connectivity index (χ0n) is 13.0. The van der Waals surface area contributed by atoms with Crippen LogP contribution in [-0.4, -0.2) is 11.4 Å². The second kappa shape index (κ2) is 6.00. The molecule has 0 saturated carbocycles. The van der Waals surface area contributed by atoms with Crippen LogP contribution in [0.15, 0.2) is 42.5 Å². The van der Waals surface area contributed by atoms with Gasteiger partial charge in [-0.3, -0.25) is 4.90 Å². The van der Waals surface area contributed by atoms with E-state index in [9.17, 15) is 0 Å². The number of fused-ring (bicyclic) bond motifs is 1. The lowest BCUT2D eigenvalue weighted by molar-refractivity contribution is 0.245. The van der Waals surface area contributed by atoms with E-state index in [0.717, 1.165) is 19.6 Å². The Bertz CT molecular complexity index is 614. The number of rotatable bonds is 3. The standard InChI is InChI=1S/C19H24N2/c1-14-4-3-5-18-13-21(11-10-19(14)18)12-16-6-8-17(9-7-16)15(2)20/h3-9,15H,10-13,20H2,1-2H3/t15-/m0/s1. The summed E-state index contributed by atoms with van der Waals surface area (Å²) in [5.74, 6) is 0. The lowest BCUT2D eigenvalue weighted by Gasteiger charge is -2.29. The summed E-state index contributed by atoms with van der Waals surface area (Å²) in [7, 11) is 0. The highest BCUT2D eigenvalue weighted by Gasteiger charge is 2.17. The van der Waals surface area contributed by atoms with Crippen molar-refractivity contribution < 1.29 is 0 Å². The van der Waals surface area contributed by atoms with E-state index in [1.54, 1.807) is 5.56 Å². The Labute approximate surface area is 127 Å². The first-order valence-electron chi connectivity index (χ1n) is 7.77. The number of aryl methyl sites for hydroxylation is 1. The monoisotopic (exact) mass is 280 g/mol. The third-order valence-electron chi connectivity index (χ3n) is 4.49. The van der Waals surface area contributed by atoms with Gasteiger partial charge in [0.25, 0.3) is 0 Å². The summed E-state index contributed by atoms with van der Waals surface area (Å²) in [6.07, 6.45) is 1.17. The van der Waals surface area contributed by atoms with Gasteiger partial charge in [0.2, 0.25) is 0 Å². The molecule has 1 atom stereocenters. The molecule has 21 heavy (non-hydrogen) atoms. The van der Waals surface area contributed by atoms with Crippen molar-refractivity contribution in [2.75, 3.05) is 6.54 Å². The van der Waals surface area contributed by atoms with Crippen molar-refractivity contribution in [3.8, 4) is 0 Å². The van der Waals surface area contributed by atoms with E-state index in [4.69, 9.17) is 5.73 Å². The summed E-state index contributed by atoms with van der Waals surface area (Å²) >= 11 is 0. The van der Waals surface area contributed by atoms with Gasteiger partial charge in [-0.25, -0.2) is 0 Å². The van der Waals surface area contributed by atoms with Gasteiger partial charge in [-0.2, -0.15) is 0 Å². The van der Waals surface area contributed by atoms with Gasteiger partial charge in [-0.15, -0.1) is 0 Å². The number of hydrogen-bond acceptors (Lipinski definition) is 2. The lowest BCUT2D eigenvalue weighted by atomic mass is 9.95. The quantitative estimate of drug-likeness (QED) is 0.931. The van der Waals surface area contributed by atoms with Crippen LogP contribution in [-0.2, 0) is 19.5 Å². The average molecular weight is 280 g/mol. The molecule has 2 N–H and O–H groups in total. The van der Waals surface area contributed by atoms with Gasteiger partial charge >= 0.3 is 0 Å². The molecule has 0 amide bonds. The van der Waals surface area contributed by atoms with Crippen LogP contribution < -0.4 is 5.73 Å². The van der Waals surface area contributed by atoms with Gasteiger partial charge in [0.15, 0.2) is 0 Å². The van der Waals surface area contributed by atoms with Gasteiger partial charge < -0.3 is 5.73 Å². The molecule has 0 aromatic heterocycles. The third-order valence-corrected chi connectivity index (χ3v) is 4.49. The Balaban J connectivity index is 1.69. The molecule has 1 aliphatic rings. The van der Waals surface area contributed by atoms with E-state index in [2.05, 4.69) is 54.3 Å². The molecule has 1 aliphatic heterocycles. The molecule has 1 heterocycles. The normalized spacial score (nSPS) is 16.5. The number of nitrogens with zero attached hydrogens (tertiary/aromatic N) is 1. The van der Waals surface area contributed by atoms with Crippen LogP contribution in [0.4, 0.5) is 0 Å². The largest absolute Gasteiger partial charge is 0.324 e. The van der Waals surface area contributed by atoms with Crippen LogP contribution >= 0.6 is 0 Å². The first-order valence-corrected chi connectivity index (χ1v) is 7.77. The smallest absolute Gasteiger partial charge is 0.0266 e. The summed E-state index contributed by atoms with van der Waals surface area (Å²) < 4.78 is 0. The summed E-state index contributed by atoms with van der Waals surface area (Å²) in [6.45, 7) is 7.48. The Hall–Kier alpha value is -1.64. The molecular formula is C19H24N2. The Morgan fingerprint density at radius 1 is 1.14 bits per heavy atom. The van der Waals surface area contributed by atoms with Crippen LogP contribution in [0.3, 0.4) is 0 Å². The molecule has 3 rings (SSSR count). The highest BCUT2D eigenvalue weighted by atomic mass is 15.1. The summed E-state index contributed by atoms with van der Waals surface area (Å²) in [4.78, 5) is 2.53. The molecule has 0 saturated heterocycles. The average Bonchev–Trinajstić information content (AvgIpc) is 2.48. The molecule has 2 heteroatoms. The SMILES string of the molecule is Cc1cccc2c1CCN(Cc1ccc([C@H](C)N)cc1)C2. The van der Waals surface area contributed by atoms with E-state index in [1.165, 1.54) is 28.7 Å². The minimum absolute atomic E-state index is 0.115. The molecule has 0 fully saturated rings. The topological polar surface area (TPSA) is 29.3 Å². The fourth-order valence-corrected chi connectivity index (χ4v) is 3.18. The molecule has 0 radical (unpaired) electrons. The van der Waals surface area contributed by atoms with Gasteiger partial charge in [0.1, 0.15) is 0 Å². The number of nitrogens with two attached hydrogens (primary N) is 1. The van der Waals surface area contributed by atoms with Gasteiger partial charge in [0.05, 0.1) is 0 Å². The van der Waals surface area contributed by atoms with E-state index in [0.29, 0.717) is 0 Å². The zero-order chi connectivity index (χ0) is 14.8. The minimum atomic E-state index is 0.115. The molecule has 2 nitrogen and oxygen atoms in total. The minimum Gasteiger partial charge on any atom is -0.324 e. The third kappa shape index (κ3) is 3.17. The van der Waals surface area contributed by atoms with Gasteiger partial charge in [-0.1, -0.05) is 42.5 Å². The Morgan fingerprint density at radius 3 is 2.62 bits per heavy atom. The van der Waals surface area contributed by atoms with Crippen LogP contribution in [0.5, 0.6) is 0 Å². The van der Waals surface area contributed by atoms with Crippen molar-refractivity contribution in [1.29, 1.82) is 0 Å². The van der Waals surface area contributed by atoms with Gasteiger partial charge in [0, 0.05) is 25.7 Å². The van der Waals surface area contributed by atoms with Crippen molar-refractivity contribution >= 4 is 0 Å². The maximum absolute atomic E-state index is 5.90. The maximum atomic E-state index is 5.90. The molecular weight excluding hydrogens is 256 g/mol. The summed E-state index contributed by atoms with van der Waals surface area (Å²) in [5.41, 5.74) is 13.0. The van der Waals surface area contributed by atoms with Crippen LogP contribution in [0.2, 0.25) is 0 Å². The van der Waals surface area contributed by atoms with Crippen molar-refractivity contribution in [3.63, 3.8) is 0 Å². The van der Waals surface area contributed by atoms with Crippen LogP contribution in [0, 0.1) is 6.92 Å². The number of hydrogen-bond donors (Lipinski definition) is 1. The van der Waals surface area contributed by atoms with E-state index in [1.807, 2.05) is 6.92 Å². The van der Waals surface area contributed by atoms with Crippen LogP contribution in [0.25, 0.3) is 0 Å². The lowest BCUT2D eigenvalue weighted by Crippen LogP contribution is -2.30. The molecule has 2 aromatic rings. The highest BCUT2D eigenvalue weighted by molar-refractivity contribution is 5.36. The van der Waals surface area contributed by atoms with E-state index in [-0.39, 0.29) is 6.04 Å². The van der Waals surface area contributed by atoms with Crippen molar-refractivity contribution in [2.24, 2.45) is 5.73 Å². The fourth-order valence-electron chi connectivity index (χ4n) is 3.18. The first-order chi connectivity index (χ1) is 10.1. The van der Waals surface area contributed by atoms with E-state index >= 15 is 0 Å². The van der Waals surface area contributed by atoms with Crippen molar-refractivity contribution in [2.45, 2.75) is 39.4 Å². The molecule has 0 aliphatic carbocycles. The molecule has 2 aromatic carbocycles. The van der Waals surface area contributed by atoms with Crippen molar-refractivity contribution in [1.82, 2.24) is 4.90 Å². The van der Waals surface area contributed by atoms with Gasteiger partial charge in [-0.05, 0) is 48.1 Å². The predicted octanol–water partition coefficient (Wildman–Crippen LogP) is 3.57. The Morgan fingerprint density at radius 2 is 1.90 bits per heavy atom. The predicted molar refractivity (Wildman–Crippen MR) is 88.0 cm³/mol.